The van der Waals surface area contributed by atoms with Crippen molar-refractivity contribution in [2.45, 2.75) is 31.8 Å². The van der Waals surface area contributed by atoms with E-state index in [9.17, 15) is 9.90 Å². The van der Waals surface area contributed by atoms with E-state index < -0.39 is 6.10 Å². The van der Waals surface area contributed by atoms with Gasteiger partial charge in [0.15, 0.2) is 0 Å². The Hall–Kier alpha value is -2.12. The number of hydrogen-bond donors (Lipinski definition) is 3. The molecule has 3 N–H and O–H groups in total. The topological polar surface area (TPSA) is 94.2 Å². The van der Waals surface area contributed by atoms with Crippen molar-refractivity contribution >= 4 is 0 Å². The van der Waals surface area contributed by atoms with Gasteiger partial charge in [0.1, 0.15) is 24.3 Å². The lowest BCUT2D eigenvalue weighted by Crippen LogP contribution is -2.40. The fourth-order valence-corrected chi connectivity index (χ4v) is 3.04. The first-order chi connectivity index (χ1) is 11.6. The number of nitrogens with one attached hydrogen (secondary N) is 2. The number of H-pyrrole nitrogens is 2. The molecule has 1 atom stereocenters. The van der Waals surface area contributed by atoms with Crippen molar-refractivity contribution in [1.82, 2.24) is 20.1 Å². The predicted molar refractivity (Wildman–Crippen MR) is 90.3 cm³/mol. The van der Waals surface area contributed by atoms with Crippen LogP contribution in [0.5, 0.6) is 5.75 Å². The molecule has 24 heavy (non-hydrogen) atoms. The summed E-state index contributed by atoms with van der Waals surface area (Å²) >= 11 is 0. The molecule has 1 aliphatic heterocycles. The number of aromatic nitrogens is 3. The second-order valence-corrected chi connectivity index (χ2v) is 6.42. The van der Waals surface area contributed by atoms with Crippen LogP contribution in [0, 0.1) is 6.92 Å². The monoisotopic (exact) mass is 332 g/mol. The highest BCUT2D eigenvalue weighted by Crippen LogP contribution is 2.24. The maximum absolute atomic E-state index is 11.1. The number of ether oxygens (including phenoxy) is 1. The minimum atomic E-state index is -0.520. The molecule has 0 amide bonds. The fourth-order valence-electron chi connectivity index (χ4n) is 3.04. The smallest absolute Gasteiger partial charge is 0.340 e. The second kappa shape index (κ2) is 7.63. The van der Waals surface area contributed by atoms with Gasteiger partial charge in [-0.15, -0.1) is 0 Å². The van der Waals surface area contributed by atoms with Gasteiger partial charge >= 0.3 is 5.69 Å². The van der Waals surface area contributed by atoms with Crippen molar-refractivity contribution in [3.63, 3.8) is 0 Å². The first-order valence-electron chi connectivity index (χ1n) is 8.34. The van der Waals surface area contributed by atoms with Crippen molar-refractivity contribution in [1.29, 1.82) is 0 Å². The first-order valence-corrected chi connectivity index (χ1v) is 8.34. The lowest BCUT2D eigenvalue weighted by molar-refractivity contribution is 0.0591. The van der Waals surface area contributed by atoms with Gasteiger partial charge in [0.25, 0.3) is 0 Å². The Morgan fingerprint density at radius 3 is 2.67 bits per heavy atom. The Morgan fingerprint density at radius 2 is 2.04 bits per heavy atom. The van der Waals surface area contributed by atoms with Crippen molar-refractivity contribution in [3.05, 3.63) is 46.1 Å². The Kier molecular flexibility index (Phi) is 5.32. The third-order valence-corrected chi connectivity index (χ3v) is 4.43. The third kappa shape index (κ3) is 4.46. The van der Waals surface area contributed by atoms with Gasteiger partial charge < -0.3 is 14.7 Å². The predicted octanol–water partition coefficient (Wildman–Crippen LogP) is 1.03. The van der Waals surface area contributed by atoms with Gasteiger partial charge in [0.2, 0.25) is 0 Å². The molecule has 1 aromatic heterocycles. The van der Waals surface area contributed by atoms with E-state index >= 15 is 0 Å². The summed E-state index contributed by atoms with van der Waals surface area (Å²) in [5, 5.41) is 16.6. The van der Waals surface area contributed by atoms with Gasteiger partial charge in [-0.25, -0.2) is 9.89 Å². The fraction of sp³-hybridized carbons (Fsp3) is 0.529. The van der Waals surface area contributed by atoms with E-state index in [1.807, 2.05) is 31.2 Å². The SMILES string of the molecule is Cc1ccc(OCC(O)CN2CCC(c3n[nH]c(=O)[nH]3)CC2)cc1. The molecule has 0 radical (unpaired) electrons. The van der Waals surface area contributed by atoms with Crippen molar-refractivity contribution in [3.8, 4) is 5.75 Å². The minimum absolute atomic E-state index is 0.254. The number of aromatic amines is 2. The number of benzene rings is 1. The molecule has 3 rings (SSSR count). The number of β-amino-alcohol motifs (C(OH)–C–C–N with tert-alkyl or cyclic N) is 1. The highest BCUT2D eigenvalue weighted by molar-refractivity contribution is 5.26. The molecule has 0 aliphatic carbocycles. The molecule has 1 unspecified atom stereocenters. The van der Waals surface area contributed by atoms with Crippen LogP contribution in [0.25, 0.3) is 0 Å². The van der Waals surface area contributed by atoms with E-state index in [-0.39, 0.29) is 18.2 Å². The minimum Gasteiger partial charge on any atom is -0.491 e. The first kappa shape index (κ1) is 16.7. The Balaban J connectivity index is 1.40. The van der Waals surface area contributed by atoms with E-state index in [2.05, 4.69) is 20.1 Å². The summed E-state index contributed by atoms with van der Waals surface area (Å²) in [4.78, 5) is 16.1. The zero-order chi connectivity index (χ0) is 16.9. The maximum Gasteiger partial charge on any atom is 0.340 e. The van der Waals surface area contributed by atoms with Gasteiger partial charge in [-0.2, -0.15) is 5.10 Å². The molecular formula is C17H24N4O3. The molecule has 1 aliphatic rings. The highest BCUT2D eigenvalue weighted by Gasteiger charge is 2.24. The lowest BCUT2D eigenvalue weighted by Gasteiger charge is -2.32. The summed E-state index contributed by atoms with van der Waals surface area (Å²) in [5.74, 6) is 1.80. The molecule has 0 spiro atoms. The third-order valence-electron chi connectivity index (χ3n) is 4.43. The van der Waals surface area contributed by atoms with E-state index in [4.69, 9.17) is 4.74 Å². The van der Waals surface area contributed by atoms with E-state index in [1.165, 1.54) is 5.56 Å². The normalized spacial score (nSPS) is 17.8. The van der Waals surface area contributed by atoms with Gasteiger partial charge in [0, 0.05) is 12.5 Å². The maximum atomic E-state index is 11.1. The van der Waals surface area contributed by atoms with Crippen LogP contribution >= 0.6 is 0 Å². The summed E-state index contributed by atoms with van der Waals surface area (Å²) < 4.78 is 5.63. The second-order valence-electron chi connectivity index (χ2n) is 6.42. The largest absolute Gasteiger partial charge is 0.491 e. The number of piperidine rings is 1. The quantitative estimate of drug-likeness (QED) is 0.734. The Labute approximate surface area is 140 Å². The molecule has 1 aromatic carbocycles. The van der Waals surface area contributed by atoms with Crippen LogP contribution in [0.3, 0.4) is 0 Å². The van der Waals surface area contributed by atoms with Crippen molar-refractivity contribution < 1.29 is 9.84 Å². The van der Waals surface area contributed by atoms with Gasteiger partial charge in [-0.1, -0.05) is 17.7 Å². The molecule has 1 fully saturated rings. The van der Waals surface area contributed by atoms with E-state index in [0.29, 0.717) is 6.54 Å². The van der Waals surface area contributed by atoms with Crippen molar-refractivity contribution in [2.24, 2.45) is 0 Å². The molecular weight excluding hydrogens is 308 g/mol. The van der Waals surface area contributed by atoms with E-state index in [0.717, 1.165) is 37.5 Å². The Morgan fingerprint density at radius 1 is 1.33 bits per heavy atom. The number of likely N-dealkylation sites (tertiary alicyclic amines) is 1. The number of aliphatic hydroxyl groups excluding tert-OH is 1. The number of aryl methyl sites for hydroxylation is 1. The highest BCUT2D eigenvalue weighted by atomic mass is 16.5. The standard InChI is InChI=1S/C17H24N4O3/c1-12-2-4-15(5-3-12)24-11-14(22)10-21-8-6-13(7-9-21)16-18-17(23)20-19-16/h2-5,13-14,22H,6-11H2,1H3,(H2,18,19,20,23). The van der Waals surface area contributed by atoms with Crippen LogP contribution in [0.4, 0.5) is 0 Å². The average molecular weight is 332 g/mol. The van der Waals surface area contributed by atoms with Crippen molar-refractivity contribution in [2.75, 3.05) is 26.2 Å². The molecule has 2 aromatic rings. The molecule has 7 heteroatoms. The van der Waals surface area contributed by atoms with E-state index in [1.54, 1.807) is 0 Å². The summed E-state index contributed by atoms with van der Waals surface area (Å²) in [6.07, 6.45) is 1.33. The Bertz CT molecular complexity index is 686. The summed E-state index contributed by atoms with van der Waals surface area (Å²) in [6.45, 7) is 4.66. The number of rotatable bonds is 6. The van der Waals surface area contributed by atoms with Gasteiger partial charge in [0.05, 0.1) is 0 Å². The molecule has 130 valence electrons. The number of hydrogen-bond acceptors (Lipinski definition) is 5. The molecule has 7 nitrogen and oxygen atoms in total. The number of aliphatic hydroxyl groups is 1. The molecule has 2 heterocycles. The van der Waals surface area contributed by atoms with Gasteiger partial charge in [-0.05, 0) is 45.0 Å². The molecule has 0 bridgehead atoms. The zero-order valence-corrected chi connectivity index (χ0v) is 13.9. The van der Waals surface area contributed by atoms with Crippen LogP contribution in [0.15, 0.2) is 29.1 Å². The summed E-state index contributed by atoms with van der Waals surface area (Å²) in [5.41, 5.74) is 0.931. The van der Waals surface area contributed by atoms with Gasteiger partial charge in [-0.3, -0.25) is 4.98 Å². The average Bonchev–Trinajstić information content (AvgIpc) is 3.01. The van der Waals surface area contributed by atoms with Crippen LogP contribution in [0.2, 0.25) is 0 Å². The molecule has 1 saturated heterocycles. The van der Waals surface area contributed by atoms with Crippen LogP contribution < -0.4 is 10.4 Å². The number of nitrogens with zero attached hydrogens (tertiary/aromatic N) is 2. The zero-order valence-electron chi connectivity index (χ0n) is 13.9. The lowest BCUT2D eigenvalue weighted by atomic mass is 9.96. The summed E-state index contributed by atoms with van der Waals surface area (Å²) in [6, 6.07) is 7.81. The summed E-state index contributed by atoms with van der Waals surface area (Å²) in [7, 11) is 0. The van der Waals surface area contributed by atoms with Crippen LogP contribution in [0.1, 0.15) is 30.1 Å². The van der Waals surface area contributed by atoms with Crippen LogP contribution in [-0.2, 0) is 0 Å². The molecule has 0 saturated carbocycles. The van der Waals surface area contributed by atoms with Crippen LogP contribution in [-0.4, -0.2) is 57.5 Å².